The minimum absolute atomic E-state index is 0.0789. The molecule has 4 atom stereocenters. The fraction of sp³-hybridized carbons (Fsp3) is 1.00. The molecule has 12 N–H and O–H groups in total. The SMILES string of the molecule is NCCC(N)CC(N)[Si](O)(O)C1CC(N)CC(N)C1. The highest BCUT2D eigenvalue weighted by Crippen LogP contribution is 2.35. The molecule has 0 bridgehead atoms. The summed E-state index contributed by atoms with van der Waals surface area (Å²) in [6, 6.07) is -0.355. The van der Waals surface area contributed by atoms with E-state index in [1.807, 2.05) is 0 Å². The fourth-order valence-electron chi connectivity index (χ4n) is 2.89. The summed E-state index contributed by atoms with van der Waals surface area (Å²) in [5.74, 6) is 0. The van der Waals surface area contributed by atoms with E-state index in [-0.39, 0.29) is 23.7 Å². The fourth-order valence-corrected chi connectivity index (χ4v) is 5.44. The Bertz CT molecular complexity index is 272. The monoisotopic (exact) mass is 291 g/mol. The van der Waals surface area contributed by atoms with Crippen molar-refractivity contribution in [3.05, 3.63) is 0 Å². The second-order valence-electron chi connectivity index (χ2n) is 5.89. The molecule has 0 heterocycles. The highest BCUT2D eigenvalue weighted by atomic mass is 28.4. The molecule has 0 aromatic rings. The molecule has 1 aliphatic carbocycles. The first kappa shape index (κ1) is 17.0. The zero-order valence-corrected chi connectivity index (χ0v) is 12.4. The summed E-state index contributed by atoms with van der Waals surface area (Å²) in [4.78, 5) is 20.9. The number of hydrogen-bond acceptors (Lipinski definition) is 7. The van der Waals surface area contributed by atoms with Crippen molar-refractivity contribution in [2.45, 2.75) is 61.4 Å². The first-order chi connectivity index (χ1) is 8.77. The first-order valence-corrected chi connectivity index (χ1v) is 8.99. The molecular weight excluding hydrogens is 262 g/mol. The van der Waals surface area contributed by atoms with E-state index in [1.54, 1.807) is 0 Å². The molecule has 0 aliphatic heterocycles. The Morgan fingerprint density at radius 1 is 1.05 bits per heavy atom. The van der Waals surface area contributed by atoms with E-state index in [0.29, 0.717) is 32.2 Å². The van der Waals surface area contributed by atoms with Gasteiger partial charge in [0, 0.05) is 29.3 Å². The van der Waals surface area contributed by atoms with Crippen molar-refractivity contribution in [3.8, 4) is 0 Å². The molecule has 1 saturated carbocycles. The Kier molecular flexibility index (Phi) is 6.34. The highest BCUT2D eigenvalue weighted by Gasteiger charge is 2.48. The van der Waals surface area contributed by atoms with E-state index in [4.69, 9.17) is 28.7 Å². The lowest BCUT2D eigenvalue weighted by atomic mass is 9.92. The molecule has 114 valence electrons. The lowest BCUT2D eigenvalue weighted by molar-refractivity contribution is 0.268. The topological polar surface area (TPSA) is 171 Å². The predicted molar refractivity (Wildman–Crippen MR) is 78.0 cm³/mol. The quantitative estimate of drug-likeness (QED) is 0.266. The molecule has 7 nitrogen and oxygen atoms in total. The molecule has 1 fully saturated rings. The van der Waals surface area contributed by atoms with Gasteiger partial charge in [-0.25, -0.2) is 0 Å². The summed E-state index contributed by atoms with van der Waals surface area (Å²) in [6.45, 7) is 0.471. The van der Waals surface area contributed by atoms with Gasteiger partial charge >= 0.3 is 8.56 Å². The van der Waals surface area contributed by atoms with Crippen LogP contribution in [0.5, 0.6) is 0 Å². The van der Waals surface area contributed by atoms with Gasteiger partial charge in [-0.05, 0) is 38.6 Å². The van der Waals surface area contributed by atoms with Crippen LogP contribution in [-0.2, 0) is 0 Å². The smallest absolute Gasteiger partial charge is 0.353 e. The maximum Gasteiger partial charge on any atom is 0.353 e. The largest absolute Gasteiger partial charge is 0.410 e. The maximum atomic E-state index is 10.4. The molecule has 0 radical (unpaired) electrons. The summed E-state index contributed by atoms with van der Waals surface area (Å²) >= 11 is 0. The van der Waals surface area contributed by atoms with E-state index in [2.05, 4.69) is 0 Å². The van der Waals surface area contributed by atoms with Crippen LogP contribution >= 0.6 is 0 Å². The molecule has 0 aromatic heterocycles. The van der Waals surface area contributed by atoms with E-state index < -0.39 is 14.2 Å². The van der Waals surface area contributed by atoms with Gasteiger partial charge in [-0.2, -0.15) is 0 Å². The van der Waals surface area contributed by atoms with Crippen LogP contribution in [0, 0.1) is 0 Å². The molecule has 0 saturated heterocycles. The van der Waals surface area contributed by atoms with Crippen LogP contribution in [0.1, 0.15) is 32.1 Å². The van der Waals surface area contributed by atoms with Crippen molar-refractivity contribution in [2.24, 2.45) is 28.7 Å². The molecular formula is C11H29N5O2Si. The minimum atomic E-state index is -3.58. The van der Waals surface area contributed by atoms with Gasteiger partial charge in [-0.15, -0.1) is 0 Å². The third-order valence-corrected chi connectivity index (χ3v) is 7.02. The first-order valence-electron chi connectivity index (χ1n) is 6.94. The van der Waals surface area contributed by atoms with Crippen molar-refractivity contribution in [3.63, 3.8) is 0 Å². The van der Waals surface area contributed by atoms with Crippen molar-refractivity contribution in [1.29, 1.82) is 0 Å². The Morgan fingerprint density at radius 3 is 2.05 bits per heavy atom. The summed E-state index contributed by atoms with van der Waals surface area (Å²) in [6.07, 6.45) is 2.88. The van der Waals surface area contributed by atoms with E-state index >= 15 is 0 Å². The van der Waals surface area contributed by atoms with Gasteiger partial charge in [0.2, 0.25) is 0 Å². The molecule has 0 amide bonds. The zero-order valence-electron chi connectivity index (χ0n) is 11.4. The molecule has 19 heavy (non-hydrogen) atoms. The van der Waals surface area contributed by atoms with Gasteiger partial charge in [0.25, 0.3) is 0 Å². The Hall–Kier alpha value is -0.0631. The number of hydrogen-bond donors (Lipinski definition) is 7. The number of nitrogens with two attached hydrogens (primary N) is 5. The lowest BCUT2D eigenvalue weighted by Gasteiger charge is -2.39. The van der Waals surface area contributed by atoms with Crippen LogP contribution < -0.4 is 28.7 Å². The minimum Gasteiger partial charge on any atom is -0.410 e. The summed E-state index contributed by atoms with van der Waals surface area (Å²) in [5, 5.41) is 0. The van der Waals surface area contributed by atoms with Crippen LogP contribution in [0.25, 0.3) is 0 Å². The van der Waals surface area contributed by atoms with Gasteiger partial charge in [0.1, 0.15) is 0 Å². The van der Waals surface area contributed by atoms with Gasteiger partial charge in [-0.3, -0.25) is 0 Å². The van der Waals surface area contributed by atoms with Crippen molar-refractivity contribution in [1.82, 2.24) is 0 Å². The third kappa shape index (κ3) is 4.76. The van der Waals surface area contributed by atoms with Crippen LogP contribution in [0.15, 0.2) is 0 Å². The number of rotatable bonds is 6. The third-order valence-electron chi connectivity index (χ3n) is 4.02. The molecule has 0 aromatic carbocycles. The van der Waals surface area contributed by atoms with E-state index in [0.717, 1.165) is 6.42 Å². The molecule has 1 aliphatic rings. The Morgan fingerprint density at radius 2 is 1.58 bits per heavy atom. The molecule has 0 spiro atoms. The van der Waals surface area contributed by atoms with Crippen molar-refractivity contribution >= 4 is 8.56 Å². The predicted octanol–water partition coefficient (Wildman–Crippen LogP) is -2.45. The van der Waals surface area contributed by atoms with E-state index in [1.165, 1.54) is 0 Å². The standard InChI is InChI=1S/C11H29N5O2Si/c12-2-1-7(13)6-11(16)19(17,18)10-4-8(14)3-9(15)5-10/h7-11,17-18H,1-6,12-16H2. The van der Waals surface area contributed by atoms with Crippen molar-refractivity contribution < 1.29 is 9.59 Å². The van der Waals surface area contributed by atoms with Crippen LogP contribution in [0.2, 0.25) is 5.54 Å². The molecule has 8 heteroatoms. The summed E-state index contributed by atoms with van der Waals surface area (Å²) in [7, 11) is -3.58. The summed E-state index contributed by atoms with van der Waals surface area (Å²) in [5.41, 5.74) is 28.1. The van der Waals surface area contributed by atoms with Gasteiger partial charge < -0.3 is 38.3 Å². The molecule has 1 rings (SSSR count). The second kappa shape index (κ2) is 7.09. The maximum absolute atomic E-state index is 10.4. The normalized spacial score (nSPS) is 32.1. The average Bonchev–Trinajstić information content (AvgIpc) is 2.27. The van der Waals surface area contributed by atoms with Crippen molar-refractivity contribution in [2.75, 3.05) is 6.54 Å². The highest BCUT2D eigenvalue weighted by molar-refractivity contribution is 6.68. The van der Waals surface area contributed by atoms with Gasteiger partial charge in [0.15, 0.2) is 0 Å². The Balaban J connectivity index is 2.62. The molecule has 4 unspecified atom stereocenters. The lowest BCUT2D eigenvalue weighted by Crippen LogP contribution is -2.61. The van der Waals surface area contributed by atoms with E-state index in [9.17, 15) is 9.59 Å². The zero-order chi connectivity index (χ0) is 14.6. The second-order valence-corrected chi connectivity index (χ2v) is 9.01. The van der Waals surface area contributed by atoms with Crippen LogP contribution in [0.3, 0.4) is 0 Å². The van der Waals surface area contributed by atoms with Gasteiger partial charge in [0.05, 0.1) is 0 Å². The van der Waals surface area contributed by atoms with Crippen LogP contribution in [-0.4, -0.2) is 48.5 Å². The van der Waals surface area contributed by atoms with Gasteiger partial charge in [-0.1, -0.05) is 0 Å². The Labute approximate surface area is 115 Å². The van der Waals surface area contributed by atoms with Crippen LogP contribution in [0.4, 0.5) is 0 Å². The summed E-state index contributed by atoms with van der Waals surface area (Å²) < 4.78 is 0. The average molecular weight is 291 g/mol.